The number of aliphatic hydroxyl groups excluding tert-OH is 1. The van der Waals surface area contributed by atoms with Gasteiger partial charge in [0.2, 0.25) is 0 Å². The first-order valence-corrected chi connectivity index (χ1v) is 12.9. The van der Waals surface area contributed by atoms with Crippen LogP contribution in [0.3, 0.4) is 0 Å². The van der Waals surface area contributed by atoms with E-state index in [0.29, 0.717) is 36.6 Å². The molecule has 1 aromatic heterocycles. The molecule has 2 atom stereocenters. The molecule has 4 fully saturated rings. The number of methoxy groups -OCH3 is 1. The van der Waals surface area contributed by atoms with Gasteiger partial charge in [-0.2, -0.15) is 0 Å². The van der Waals surface area contributed by atoms with Gasteiger partial charge < -0.3 is 19.9 Å². The van der Waals surface area contributed by atoms with E-state index in [0.717, 1.165) is 34.8 Å². The van der Waals surface area contributed by atoms with Crippen LogP contribution in [0.15, 0.2) is 24.5 Å². The molecule has 8 heteroatoms. The summed E-state index contributed by atoms with van der Waals surface area (Å²) in [5, 5.41) is 14.8. The number of aliphatic hydroxyl groups is 1. The molecule has 0 radical (unpaired) electrons. The standard InChI is InChI=1S/C27H32N4O4/c1-34-18-2-3-19-22(7-18)35-24-8-20-21(13-31(24)26(19)33)29-14-30-25(20)28-12-23(32)27-9-15-4-16(10-27)6-17(5-15)11-27/h2-3,7,14-17,23-24,32H,4-6,8-13H2,1H3,(H,28,29,30). The number of benzene rings is 1. The van der Waals surface area contributed by atoms with Crippen LogP contribution in [0.25, 0.3) is 0 Å². The van der Waals surface area contributed by atoms with E-state index in [4.69, 9.17) is 9.47 Å². The molecule has 1 aromatic carbocycles. The van der Waals surface area contributed by atoms with Gasteiger partial charge in [-0.15, -0.1) is 0 Å². The molecule has 8 nitrogen and oxygen atoms in total. The van der Waals surface area contributed by atoms with Crippen molar-refractivity contribution in [1.82, 2.24) is 14.9 Å². The van der Waals surface area contributed by atoms with E-state index in [9.17, 15) is 9.90 Å². The minimum absolute atomic E-state index is 0.0603. The van der Waals surface area contributed by atoms with Crippen LogP contribution >= 0.6 is 0 Å². The Bertz CT molecular complexity index is 1150. The molecule has 1 amide bonds. The van der Waals surface area contributed by atoms with Crippen LogP contribution < -0.4 is 14.8 Å². The number of aromatic nitrogens is 2. The van der Waals surface area contributed by atoms with Crippen LogP contribution in [0.1, 0.15) is 60.1 Å². The Kier molecular flexibility index (Phi) is 4.78. The van der Waals surface area contributed by atoms with E-state index in [2.05, 4.69) is 15.3 Å². The predicted molar refractivity (Wildman–Crippen MR) is 128 cm³/mol. The van der Waals surface area contributed by atoms with Gasteiger partial charge in [-0.3, -0.25) is 9.69 Å². The molecule has 2 unspecified atom stereocenters. The summed E-state index contributed by atoms with van der Waals surface area (Å²) in [7, 11) is 1.60. The van der Waals surface area contributed by atoms with Crippen LogP contribution in [-0.4, -0.2) is 51.9 Å². The first-order chi connectivity index (χ1) is 17.0. The van der Waals surface area contributed by atoms with Gasteiger partial charge in [-0.1, -0.05) is 0 Å². The lowest BCUT2D eigenvalue weighted by Gasteiger charge is -2.58. The molecule has 8 rings (SSSR count). The molecular weight excluding hydrogens is 444 g/mol. The summed E-state index contributed by atoms with van der Waals surface area (Å²) in [6.07, 6.45) is 8.83. The van der Waals surface area contributed by atoms with Gasteiger partial charge in [0.05, 0.1) is 31.0 Å². The van der Waals surface area contributed by atoms with Crippen molar-refractivity contribution in [2.24, 2.45) is 23.2 Å². The molecule has 184 valence electrons. The number of amides is 1. The Balaban J connectivity index is 1.10. The van der Waals surface area contributed by atoms with Gasteiger partial charge in [0.15, 0.2) is 6.23 Å². The van der Waals surface area contributed by atoms with Crippen molar-refractivity contribution in [3.8, 4) is 11.5 Å². The number of hydrogen-bond acceptors (Lipinski definition) is 7. The Morgan fingerprint density at radius 2 is 1.94 bits per heavy atom. The highest BCUT2D eigenvalue weighted by molar-refractivity contribution is 5.98. The highest BCUT2D eigenvalue weighted by Gasteiger charge is 2.54. The van der Waals surface area contributed by atoms with Gasteiger partial charge >= 0.3 is 0 Å². The summed E-state index contributed by atoms with van der Waals surface area (Å²) in [6.45, 7) is 0.864. The second-order valence-electron chi connectivity index (χ2n) is 11.4. The number of anilines is 1. The highest BCUT2D eigenvalue weighted by Crippen LogP contribution is 2.61. The van der Waals surface area contributed by atoms with Crippen LogP contribution in [0.4, 0.5) is 5.82 Å². The lowest BCUT2D eigenvalue weighted by atomic mass is 9.48. The molecule has 3 heterocycles. The van der Waals surface area contributed by atoms with E-state index >= 15 is 0 Å². The van der Waals surface area contributed by atoms with Crippen LogP contribution in [0.5, 0.6) is 11.5 Å². The first kappa shape index (κ1) is 21.4. The third-order valence-electron chi connectivity index (χ3n) is 9.28. The van der Waals surface area contributed by atoms with Crippen LogP contribution in [0.2, 0.25) is 0 Å². The summed E-state index contributed by atoms with van der Waals surface area (Å²) in [5.74, 6) is 4.29. The number of hydrogen-bond donors (Lipinski definition) is 2. The van der Waals surface area contributed by atoms with Gasteiger partial charge in [0.1, 0.15) is 23.6 Å². The number of ether oxygens (including phenoxy) is 2. The number of carbonyl (C=O) groups excluding carboxylic acids is 1. The zero-order valence-corrected chi connectivity index (χ0v) is 20.1. The smallest absolute Gasteiger partial charge is 0.260 e. The Hall–Kier alpha value is -2.87. The molecule has 0 spiro atoms. The van der Waals surface area contributed by atoms with E-state index in [-0.39, 0.29) is 17.4 Å². The Morgan fingerprint density at radius 3 is 2.66 bits per heavy atom. The van der Waals surface area contributed by atoms with Crippen LogP contribution in [-0.2, 0) is 13.0 Å². The largest absolute Gasteiger partial charge is 0.497 e. The Morgan fingerprint density at radius 1 is 1.20 bits per heavy atom. The normalized spacial score (nSPS) is 32.9. The summed E-state index contributed by atoms with van der Waals surface area (Å²) in [6, 6.07) is 5.29. The first-order valence-electron chi connectivity index (χ1n) is 12.9. The Labute approximate surface area is 205 Å². The third kappa shape index (κ3) is 3.40. The number of rotatable bonds is 5. The van der Waals surface area contributed by atoms with Gasteiger partial charge in [0, 0.05) is 24.6 Å². The predicted octanol–water partition coefficient (Wildman–Crippen LogP) is 3.39. The van der Waals surface area contributed by atoms with Crippen LogP contribution in [0, 0.1) is 23.2 Å². The maximum Gasteiger partial charge on any atom is 0.260 e. The van der Waals surface area contributed by atoms with Crippen molar-refractivity contribution in [3.63, 3.8) is 0 Å². The fourth-order valence-electron chi connectivity index (χ4n) is 8.01. The zero-order chi connectivity index (χ0) is 23.7. The number of nitrogens with zero attached hydrogens (tertiary/aromatic N) is 3. The quantitative estimate of drug-likeness (QED) is 0.683. The van der Waals surface area contributed by atoms with E-state index in [1.54, 1.807) is 36.5 Å². The molecular formula is C27H32N4O4. The zero-order valence-electron chi connectivity index (χ0n) is 20.1. The monoisotopic (exact) mass is 476 g/mol. The maximum atomic E-state index is 13.2. The topological polar surface area (TPSA) is 96.8 Å². The van der Waals surface area contributed by atoms with Crippen molar-refractivity contribution in [1.29, 1.82) is 0 Å². The van der Waals surface area contributed by atoms with Crippen molar-refractivity contribution in [3.05, 3.63) is 41.3 Å². The number of carbonyl (C=O) groups is 1. The SMILES string of the molecule is COc1ccc2c(c1)OC1Cc3c(ncnc3NCC(O)C34CC5CC(CC(C5)C3)C4)CN1C2=O. The molecule has 4 saturated carbocycles. The van der Waals surface area contributed by atoms with Gasteiger partial charge in [0.25, 0.3) is 5.91 Å². The second kappa shape index (κ2) is 7.82. The van der Waals surface area contributed by atoms with Gasteiger partial charge in [-0.25, -0.2) is 9.97 Å². The molecule has 4 aliphatic carbocycles. The highest BCUT2D eigenvalue weighted by atomic mass is 16.5. The molecule has 0 saturated heterocycles. The van der Waals surface area contributed by atoms with Crippen molar-refractivity contribution < 1.29 is 19.4 Å². The molecule has 2 N–H and O–H groups in total. The summed E-state index contributed by atoms with van der Waals surface area (Å²) >= 11 is 0. The lowest BCUT2D eigenvalue weighted by molar-refractivity contribution is -0.115. The maximum absolute atomic E-state index is 13.2. The van der Waals surface area contributed by atoms with E-state index in [1.165, 1.54) is 38.5 Å². The van der Waals surface area contributed by atoms with Crippen molar-refractivity contribution in [2.75, 3.05) is 19.0 Å². The van der Waals surface area contributed by atoms with E-state index in [1.807, 2.05) is 0 Å². The molecule has 2 aliphatic heterocycles. The number of fused-ring (bicyclic) bond motifs is 3. The fourth-order valence-corrected chi connectivity index (χ4v) is 8.01. The minimum Gasteiger partial charge on any atom is -0.497 e. The molecule has 35 heavy (non-hydrogen) atoms. The number of nitrogens with one attached hydrogen (secondary N) is 1. The average Bonchev–Trinajstić information content (AvgIpc) is 2.85. The lowest BCUT2D eigenvalue weighted by Crippen LogP contribution is -2.53. The van der Waals surface area contributed by atoms with Crippen molar-refractivity contribution >= 4 is 11.7 Å². The minimum atomic E-state index is -0.422. The second-order valence-corrected chi connectivity index (χ2v) is 11.4. The molecule has 2 aromatic rings. The third-order valence-corrected chi connectivity index (χ3v) is 9.28. The summed E-state index contributed by atoms with van der Waals surface area (Å²) < 4.78 is 11.6. The molecule has 6 aliphatic rings. The molecule has 4 bridgehead atoms. The van der Waals surface area contributed by atoms with Gasteiger partial charge in [-0.05, 0) is 73.8 Å². The fraction of sp³-hybridized carbons (Fsp3) is 0.593. The summed E-state index contributed by atoms with van der Waals surface area (Å²) in [4.78, 5) is 23.9. The summed E-state index contributed by atoms with van der Waals surface area (Å²) in [5.41, 5.74) is 2.40. The average molecular weight is 477 g/mol. The van der Waals surface area contributed by atoms with Crippen molar-refractivity contribution in [2.45, 2.75) is 63.8 Å². The van der Waals surface area contributed by atoms with E-state index < -0.39 is 6.23 Å².